The van der Waals surface area contributed by atoms with Crippen LogP contribution in [0.3, 0.4) is 0 Å². The van der Waals surface area contributed by atoms with Gasteiger partial charge in [0, 0.05) is 13.1 Å². The van der Waals surface area contributed by atoms with Gasteiger partial charge in [0.25, 0.3) is 0 Å². The maximum Gasteiger partial charge on any atom is 0.157 e. The SMILES string of the molecule is CCCN(CCOc1c(Cl)cccc1Cl)CC1CCc2cc(O)c(O)cc21. The van der Waals surface area contributed by atoms with Crippen LogP contribution in [-0.4, -0.2) is 41.4 Å². The second-order valence-electron chi connectivity index (χ2n) is 6.98. The molecule has 0 spiro atoms. The van der Waals surface area contributed by atoms with E-state index in [1.807, 2.05) is 0 Å². The summed E-state index contributed by atoms with van der Waals surface area (Å²) < 4.78 is 5.83. The lowest BCUT2D eigenvalue weighted by Crippen LogP contribution is -2.32. The summed E-state index contributed by atoms with van der Waals surface area (Å²) in [4.78, 5) is 2.37. The molecular formula is C21H25Cl2NO3. The normalized spacial score (nSPS) is 15.9. The van der Waals surface area contributed by atoms with E-state index in [2.05, 4.69) is 11.8 Å². The number of hydrogen-bond acceptors (Lipinski definition) is 4. The molecule has 2 N–H and O–H groups in total. The molecule has 2 aromatic carbocycles. The van der Waals surface area contributed by atoms with E-state index in [9.17, 15) is 10.2 Å². The quantitative estimate of drug-likeness (QED) is 0.586. The number of halogens is 2. The molecule has 1 atom stereocenters. The van der Waals surface area contributed by atoms with Crippen molar-refractivity contribution in [1.29, 1.82) is 0 Å². The Labute approximate surface area is 170 Å². The Morgan fingerprint density at radius 2 is 1.81 bits per heavy atom. The number of hydrogen-bond donors (Lipinski definition) is 2. The molecule has 0 fully saturated rings. The van der Waals surface area contributed by atoms with Crippen molar-refractivity contribution >= 4 is 23.2 Å². The van der Waals surface area contributed by atoms with Crippen LogP contribution in [0.2, 0.25) is 10.0 Å². The third kappa shape index (κ3) is 4.81. The number of benzene rings is 2. The molecule has 0 aromatic heterocycles. The van der Waals surface area contributed by atoms with Crippen molar-refractivity contribution in [2.75, 3.05) is 26.2 Å². The van der Waals surface area contributed by atoms with Gasteiger partial charge in [0.15, 0.2) is 17.2 Å². The van der Waals surface area contributed by atoms with Crippen molar-refractivity contribution in [2.45, 2.75) is 32.1 Å². The van der Waals surface area contributed by atoms with Crippen LogP contribution >= 0.6 is 23.2 Å². The average Bonchev–Trinajstić information content (AvgIpc) is 3.00. The van der Waals surface area contributed by atoms with Gasteiger partial charge in [0.1, 0.15) is 6.61 Å². The Morgan fingerprint density at radius 3 is 2.52 bits per heavy atom. The van der Waals surface area contributed by atoms with Crippen LogP contribution in [-0.2, 0) is 6.42 Å². The van der Waals surface area contributed by atoms with Crippen LogP contribution in [0.1, 0.15) is 36.8 Å². The molecule has 0 saturated carbocycles. The number of phenols is 2. The molecule has 0 aliphatic heterocycles. The van der Waals surface area contributed by atoms with E-state index in [0.29, 0.717) is 28.3 Å². The van der Waals surface area contributed by atoms with Crippen LogP contribution in [0.5, 0.6) is 17.2 Å². The summed E-state index contributed by atoms with van der Waals surface area (Å²) in [5.41, 5.74) is 2.27. The zero-order valence-electron chi connectivity index (χ0n) is 15.4. The summed E-state index contributed by atoms with van der Waals surface area (Å²) in [6.45, 7) is 5.29. The molecule has 0 radical (unpaired) electrons. The molecule has 2 aromatic rings. The number of phenolic OH excluding ortho intramolecular Hbond substituents is 2. The van der Waals surface area contributed by atoms with Gasteiger partial charge in [0.2, 0.25) is 0 Å². The molecule has 27 heavy (non-hydrogen) atoms. The lowest BCUT2D eigenvalue weighted by atomic mass is 10.00. The van der Waals surface area contributed by atoms with Gasteiger partial charge in [-0.3, -0.25) is 4.90 Å². The van der Waals surface area contributed by atoms with Crippen LogP contribution in [0.4, 0.5) is 0 Å². The number of aryl methyl sites for hydroxylation is 1. The minimum atomic E-state index is -0.0422. The van der Waals surface area contributed by atoms with Gasteiger partial charge >= 0.3 is 0 Å². The standard InChI is InChI=1S/C21H25Cl2NO3/c1-2-8-24(9-10-27-21-17(22)4-3-5-18(21)23)13-15-7-6-14-11-19(25)20(26)12-16(14)15/h3-5,11-12,15,25-26H,2,6-10,13H2,1H3. The first-order valence-electron chi connectivity index (χ1n) is 9.33. The number of nitrogens with zero attached hydrogens (tertiary/aromatic N) is 1. The number of aromatic hydroxyl groups is 2. The van der Waals surface area contributed by atoms with E-state index in [1.165, 1.54) is 0 Å². The number of para-hydroxylation sites is 1. The molecule has 1 aliphatic rings. The third-order valence-electron chi connectivity index (χ3n) is 5.03. The highest BCUT2D eigenvalue weighted by Crippen LogP contribution is 2.40. The Kier molecular flexibility index (Phi) is 6.74. The number of ether oxygens (including phenoxy) is 1. The first kappa shape index (κ1) is 20.1. The van der Waals surface area contributed by atoms with Crippen LogP contribution in [0.25, 0.3) is 0 Å². The first-order chi connectivity index (χ1) is 13.0. The van der Waals surface area contributed by atoms with Gasteiger partial charge in [-0.15, -0.1) is 0 Å². The topological polar surface area (TPSA) is 52.9 Å². The van der Waals surface area contributed by atoms with Gasteiger partial charge < -0.3 is 14.9 Å². The molecule has 4 nitrogen and oxygen atoms in total. The van der Waals surface area contributed by atoms with Crippen molar-refractivity contribution in [3.8, 4) is 17.2 Å². The zero-order chi connectivity index (χ0) is 19.4. The van der Waals surface area contributed by atoms with Crippen molar-refractivity contribution in [2.24, 2.45) is 0 Å². The molecule has 1 unspecified atom stereocenters. The maximum atomic E-state index is 9.85. The van der Waals surface area contributed by atoms with Crippen molar-refractivity contribution in [1.82, 2.24) is 4.90 Å². The lowest BCUT2D eigenvalue weighted by molar-refractivity contribution is 0.199. The summed E-state index contributed by atoms with van der Waals surface area (Å²) >= 11 is 12.3. The van der Waals surface area contributed by atoms with Crippen molar-refractivity contribution in [3.05, 3.63) is 51.5 Å². The predicted octanol–water partition coefficient (Wildman–Crippen LogP) is 5.23. The largest absolute Gasteiger partial charge is 0.504 e. The molecule has 3 rings (SSSR count). The molecule has 0 bridgehead atoms. The monoisotopic (exact) mass is 409 g/mol. The second kappa shape index (κ2) is 9.05. The number of rotatable bonds is 8. The molecular weight excluding hydrogens is 385 g/mol. The van der Waals surface area contributed by atoms with Gasteiger partial charge in [0.05, 0.1) is 10.0 Å². The van der Waals surface area contributed by atoms with Crippen molar-refractivity contribution in [3.63, 3.8) is 0 Å². The van der Waals surface area contributed by atoms with Crippen LogP contribution in [0, 0.1) is 0 Å². The fourth-order valence-electron chi connectivity index (χ4n) is 3.73. The van der Waals surface area contributed by atoms with Gasteiger partial charge in [-0.2, -0.15) is 0 Å². The Hall–Kier alpha value is -1.62. The van der Waals surface area contributed by atoms with Gasteiger partial charge in [-0.05, 0) is 67.1 Å². The molecule has 1 aliphatic carbocycles. The van der Waals surface area contributed by atoms with Crippen LogP contribution in [0.15, 0.2) is 30.3 Å². The predicted molar refractivity (Wildman–Crippen MR) is 110 cm³/mol. The third-order valence-corrected chi connectivity index (χ3v) is 5.62. The lowest BCUT2D eigenvalue weighted by Gasteiger charge is -2.26. The highest BCUT2D eigenvalue weighted by molar-refractivity contribution is 6.37. The summed E-state index contributed by atoms with van der Waals surface area (Å²) in [5.74, 6) is 0.801. The van der Waals surface area contributed by atoms with Gasteiger partial charge in [-0.25, -0.2) is 0 Å². The van der Waals surface area contributed by atoms with Gasteiger partial charge in [-0.1, -0.05) is 36.2 Å². The molecule has 146 valence electrons. The van der Waals surface area contributed by atoms with E-state index in [4.69, 9.17) is 27.9 Å². The molecule has 0 amide bonds. The second-order valence-corrected chi connectivity index (χ2v) is 7.79. The van der Waals surface area contributed by atoms with Crippen LogP contribution < -0.4 is 4.74 Å². The minimum Gasteiger partial charge on any atom is -0.504 e. The minimum absolute atomic E-state index is 0.0372. The Morgan fingerprint density at radius 1 is 1.11 bits per heavy atom. The Bertz CT molecular complexity index is 777. The fraction of sp³-hybridized carbons (Fsp3) is 0.429. The number of fused-ring (bicyclic) bond motifs is 1. The molecule has 0 heterocycles. The van der Waals surface area contributed by atoms with E-state index in [0.717, 1.165) is 50.0 Å². The van der Waals surface area contributed by atoms with E-state index in [1.54, 1.807) is 30.3 Å². The summed E-state index contributed by atoms with van der Waals surface area (Å²) in [7, 11) is 0. The fourth-order valence-corrected chi connectivity index (χ4v) is 4.23. The maximum absolute atomic E-state index is 9.85. The van der Waals surface area contributed by atoms with E-state index < -0.39 is 0 Å². The average molecular weight is 410 g/mol. The van der Waals surface area contributed by atoms with E-state index >= 15 is 0 Å². The highest BCUT2D eigenvalue weighted by Gasteiger charge is 2.26. The molecule has 0 saturated heterocycles. The highest BCUT2D eigenvalue weighted by atomic mass is 35.5. The smallest absolute Gasteiger partial charge is 0.157 e. The summed E-state index contributed by atoms with van der Waals surface area (Å²) in [6, 6.07) is 8.74. The summed E-state index contributed by atoms with van der Waals surface area (Å²) in [5, 5.41) is 20.6. The summed E-state index contributed by atoms with van der Waals surface area (Å²) in [6.07, 6.45) is 3.00. The van der Waals surface area contributed by atoms with Crippen molar-refractivity contribution < 1.29 is 14.9 Å². The zero-order valence-corrected chi connectivity index (χ0v) is 16.9. The first-order valence-corrected chi connectivity index (χ1v) is 10.1. The molecule has 6 heteroatoms. The van der Waals surface area contributed by atoms with E-state index in [-0.39, 0.29) is 11.5 Å². The Balaban J connectivity index is 1.61.